The molecule has 0 unspecified atom stereocenters. The molecule has 1 fully saturated rings. The van der Waals surface area contributed by atoms with E-state index >= 15 is 0 Å². The zero-order chi connectivity index (χ0) is 21.8. The highest BCUT2D eigenvalue weighted by Crippen LogP contribution is 2.39. The number of aromatic nitrogens is 1. The van der Waals surface area contributed by atoms with Crippen LogP contribution in [0.3, 0.4) is 0 Å². The number of ketones is 1. The molecular formula is C22H25N3O5. The summed E-state index contributed by atoms with van der Waals surface area (Å²) >= 11 is 0. The van der Waals surface area contributed by atoms with Crippen LogP contribution in [-0.2, 0) is 9.59 Å². The molecule has 1 amide bonds. The van der Waals surface area contributed by atoms with Crippen LogP contribution < -0.4 is 9.47 Å². The van der Waals surface area contributed by atoms with Crippen LogP contribution in [0.1, 0.15) is 17.3 Å². The number of carbonyl (C=O) groups is 2. The van der Waals surface area contributed by atoms with Crippen molar-refractivity contribution in [1.82, 2.24) is 14.8 Å². The molecule has 1 saturated heterocycles. The normalized spacial score (nSPS) is 18.2. The van der Waals surface area contributed by atoms with Crippen LogP contribution >= 0.6 is 0 Å². The molecule has 1 N–H and O–H groups in total. The number of ether oxygens (including phenoxy) is 2. The zero-order valence-corrected chi connectivity index (χ0v) is 17.5. The first-order chi connectivity index (χ1) is 14.4. The van der Waals surface area contributed by atoms with Crippen molar-refractivity contribution in [2.24, 2.45) is 0 Å². The number of amides is 1. The molecular weight excluding hydrogens is 386 g/mol. The summed E-state index contributed by atoms with van der Waals surface area (Å²) in [6, 6.07) is 9.30. The third-order valence-corrected chi connectivity index (χ3v) is 4.95. The summed E-state index contributed by atoms with van der Waals surface area (Å²) < 4.78 is 10.5. The van der Waals surface area contributed by atoms with Gasteiger partial charge in [0.1, 0.15) is 11.8 Å². The summed E-state index contributed by atoms with van der Waals surface area (Å²) in [7, 11) is 6.76. The highest BCUT2D eigenvalue weighted by Gasteiger charge is 2.46. The van der Waals surface area contributed by atoms with E-state index in [1.165, 1.54) is 19.1 Å². The molecule has 2 heterocycles. The number of carbonyl (C=O) groups excluding carboxylic acids is 2. The first-order valence-electron chi connectivity index (χ1n) is 9.45. The molecule has 8 nitrogen and oxygen atoms in total. The van der Waals surface area contributed by atoms with E-state index in [0.29, 0.717) is 35.8 Å². The van der Waals surface area contributed by atoms with Gasteiger partial charge in [-0.25, -0.2) is 0 Å². The van der Waals surface area contributed by atoms with E-state index in [9.17, 15) is 14.7 Å². The highest BCUT2D eigenvalue weighted by atomic mass is 16.5. The van der Waals surface area contributed by atoms with Crippen molar-refractivity contribution >= 4 is 17.4 Å². The van der Waals surface area contributed by atoms with Gasteiger partial charge < -0.3 is 24.4 Å². The summed E-state index contributed by atoms with van der Waals surface area (Å²) in [5.74, 6) is -0.789. The predicted octanol–water partition coefficient (Wildman–Crippen LogP) is 2.08. The second kappa shape index (κ2) is 8.96. The lowest BCUT2D eigenvalue weighted by molar-refractivity contribution is -0.140. The fourth-order valence-corrected chi connectivity index (χ4v) is 3.40. The summed E-state index contributed by atoms with van der Waals surface area (Å²) in [5.41, 5.74) is 0.862. The third-order valence-electron chi connectivity index (χ3n) is 4.95. The number of Topliss-reactive ketones (excluding diaryl/α,β-unsaturated/α-hetero) is 1. The Kier molecular flexibility index (Phi) is 6.37. The minimum atomic E-state index is -0.778. The molecule has 1 aromatic carbocycles. The largest absolute Gasteiger partial charge is 0.507 e. The van der Waals surface area contributed by atoms with E-state index in [2.05, 4.69) is 4.98 Å². The quantitative estimate of drug-likeness (QED) is 0.424. The topological polar surface area (TPSA) is 92.2 Å². The van der Waals surface area contributed by atoms with E-state index < -0.39 is 17.7 Å². The van der Waals surface area contributed by atoms with E-state index in [1.54, 1.807) is 42.6 Å². The number of hydrogen-bond donors (Lipinski definition) is 1. The van der Waals surface area contributed by atoms with Gasteiger partial charge in [0.15, 0.2) is 11.5 Å². The van der Waals surface area contributed by atoms with Gasteiger partial charge >= 0.3 is 0 Å². The molecule has 1 aliphatic heterocycles. The van der Waals surface area contributed by atoms with Crippen molar-refractivity contribution in [3.63, 3.8) is 0 Å². The second-order valence-corrected chi connectivity index (χ2v) is 7.12. The Hall–Kier alpha value is -3.39. The molecule has 3 rings (SSSR count). The predicted molar refractivity (Wildman–Crippen MR) is 111 cm³/mol. The van der Waals surface area contributed by atoms with Crippen LogP contribution in [0.25, 0.3) is 5.76 Å². The Morgan fingerprint density at radius 1 is 1.13 bits per heavy atom. The van der Waals surface area contributed by atoms with Crippen molar-refractivity contribution in [3.05, 3.63) is 59.4 Å². The molecule has 0 aliphatic carbocycles. The van der Waals surface area contributed by atoms with Crippen LogP contribution in [-0.4, -0.2) is 73.0 Å². The third kappa shape index (κ3) is 3.99. The molecule has 0 bridgehead atoms. The van der Waals surface area contributed by atoms with Crippen LogP contribution in [0.2, 0.25) is 0 Å². The molecule has 2 aromatic rings. The molecule has 0 saturated carbocycles. The Bertz CT molecular complexity index is 972. The molecule has 0 spiro atoms. The summed E-state index contributed by atoms with van der Waals surface area (Å²) in [6.07, 6.45) is 1.60. The van der Waals surface area contributed by atoms with Crippen molar-refractivity contribution < 1.29 is 24.2 Å². The summed E-state index contributed by atoms with van der Waals surface area (Å²) in [4.78, 5) is 33.5. The first-order valence-corrected chi connectivity index (χ1v) is 9.45. The van der Waals surface area contributed by atoms with Gasteiger partial charge in [0.25, 0.3) is 11.7 Å². The smallest absolute Gasteiger partial charge is 0.295 e. The van der Waals surface area contributed by atoms with Crippen molar-refractivity contribution in [2.75, 3.05) is 41.4 Å². The van der Waals surface area contributed by atoms with Gasteiger partial charge in [-0.15, -0.1) is 0 Å². The maximum absolute atomic E-state index is 12.9. The number of rotatable bonds is 7. The molecule has 1 aromatic heterocycles. The van der Waals surface area contributed by atoms with Gasteiger partial charge in [-0.05, 0) is 44.4 Å². The molecule has 1 aliphatic rings. The summed E-state index contributed by atoms with van der Waals surface area (Å²) in [6.45, 7) is 0.883. The number of benzene rings is 1. The average molecular weight is 411 g/mol. The SMILES string of the molecule is COc1ccc(/C(O)=C2/C(=O)C(=O)N(CCN(C)C)[C@H]2c2ccccn2)cc1OC. The number of aliphatic hydroxyl groups is 1. The van der Waals surface area contributed by atoms with Gasteiger partial charge in [0.05, 0.1) is 25.5 Å². The Morgan fingerprint density at radius 2 is 1.87 bits per heavy atom. The summed E-state index contributed by atoms with van der Waals surface area (Å²) in [5, 5.41) is 11.1. The van der Waals surface area contributed by atoms with Crippen LogP contribution in [0.15, 0.2) is 48.2 Å². The highest BCUT2D eigenvalue weighted by molar-refractivity contribution is 6.46. The number of nitrogens with zero attached hydrogens (tertiary/aromatic N) is 3. The van der Waals surface area contributed by atoms with E-state index in [0.717, 1.165) is 0 Å². The lowest BCUT2D eigenvalue weighted by Gasteiger charge is -2.25. The lowest BCUT2D eigenvalue weighted by Crippen LogP contribution is -2.35. The van der Waals surface area contributed by atoms with Crippen LogP contribution in [0.5, 0.6) is 11.5 Å². The minimum Gasteiger partial charge on any atom is -0.507 e. The minimum absolute atomic E-state index is 0.00433. The van der Waals surface area contributed by atoms with Crippen molar-refractivity contribution in [1.29, 1.82) is 0 Å². The number of aliphatic hydroxyl groups excluding tert-OH is 1. The zero-order valence-electron chi connectivity index (χ0n) is 17.5. The van der Waals surface area contributed by atoms with E-state index in [4.69, 9.17) is 9.47 Å². The number of methoxy groups -OCH3 is 2. The van der Waals surface area contributed by atoms with Crippen LogP contribution in [0, 0.1) is 0 Å². The Balaban J connectivity index is 2.14. The first kappa shape index (κ1) is 21.3. The van der Waals surface area contributed by atoms with Gasteiger partial charge in [-0.1, -0.05) is 6.07 Å². The van der Waals surface area contributed by atoms with Gasteiger partial charge in [-0.3, -0.25) is 14.6 Å². The average Bonchev–Trinajstić information content (AvgIpc) is 3.01. The Morgan fingerprint density at radius 3 is 2.47 bits per heavy atom. The second-order valence-electron chi connectivity index (χ2n) is 7.12. The molecule has 0 radical (unpaired) electrons. The monoisotopic (exact) mass is 411 g/mol. The number of likely N-dealkylation sites (N-methyl/N-ethyl adjacent to an activating group) is 1. The Labute approximate surface area is 175 Å². The molecule has 158 valence electrons. The number of likely N-dealkylation sites (tertiary alicyclic amines) is 1. The fourth-order valence-electron chi connectivity index (χ4n) is 3.40. The van der Waals surface area contributed by atoms with Gasteiger partial charge in [-0.2, -0.15) is 0 Å². The van der Waals surface area contributed by atoms with E-state index in [-0.39, 0.29) is 11.3 Å². The number of hydrogen-bond acceptors (Lipinski definition) is 7. The molecule has 1 atom stereocenters. The number of pyridine rings is 1. The van der Waals surface area contributed by atoms with Gasteiger partial charge in [0.2, 0.25) is 0 Å². The maximum atomic E-state index is 12.9. The van der Waals surface area contributed by atoms with Gasteiger partial charge in [0, 0.05) is 24.8 Å². The standard InChI is InChI=1S/C22H25N3O5/c1-24(2)11-12-25-19(15-7-5-6-10-23-15)18(21(27)22(25)28)20(26)14-8-9-16(29-3)17(13-14)30-4/h5-10,13,19,26H,11-12H2,1-4H3/b20-18-/t19-/m0/s1. The van der Waals surface area contributed by atoms with Crippen molar-refractivity contribution in [3.8, 4) is 11.5 Å². The van der Waals surface area contributed by atoms with Crippen molar-refractivity contribution in [2.45, 2.75) is 6.04 Å². The molecule has 8 heteroatoms. The van der Waals surface area contributed by atoms with Crippen LogP contribution in [0.4, 0.5) is 0 Å². The van der Waals surface area contributed by atoms with E-state index in [1.807, 2.05) is 19.0 Å². The lowest BCUT2D eigenvalue weighted by atomic mass is 9.98. The molecule has 30 heavy (non-hydrogen) atoms. The maximum Gasteiger partial charge on any atom is 0.295 e. The fraction of sp³-hybridized carbons (Fsp3) is 0.318.